The van der Waals surface area contributed by atoms with Gasteiger partial charge in [0.15, 0.2) is 0 Å². The van der Waals surface area contributed by atoms with Gasteiger partial charge in [-0.2, -0.15) is 0 Å². The molecule has 2 nitrogen and oxygen atoms in total. The van der Waals surface area contributed by atoms with Crippen molar-refractivity contribution in [3.05, 3.63) is 30.3 Å². The Balaban J connectivity index is 2.23. The fourth-order valence-electron chi connectivity index (χ4n) is 1.39. The van der Waals surface area contributed by atoms with E-state index in [2.05, 4.69) is 20.8 Å². The zero-order valence-corrected chi connectivity index (χ0v) is 10.4. The molecule has 0 saturated heterocycles. The molecule has 0 amide bonds. The topological polar surface area (TPSA) is 29.5 Å². The van der Waals surface area contributed by atoms with Crippen molar-refractivity contribution < 1.29 is 9.84 Å². The molecule has 0 spiro atoms. The predicted octanol–water partition coefficient (Wildman–Crippen LogP) is 3.25. The molecule has 1 unspecified atom stereocenters. The summed E-state index contributed by atoms with van der Waals surface area (Å²) in [5.41, 5.74) is 0.272. The van der Waals surface area contributed by atoms with Crippen LogP contribution in [0.15, 0.2) is 30.3 Å². The molecule has 0 aliphatic carbocycles. The quantitative estimate of drug-likeness (QED) is 0.828. The van der Waals surface area contributed by atoms with Gasteiger partial charge in [0.05, 0.1) is 6.10 Å². The molecular weight excluding hydrogens is 200 g/mol. The number of benzene rings is 1. The summed E-state index contributed by atoms with van der Waals surface area (Å²) in [4.78, 5) is 0. The van der Waals surface area contributed by atoms with E-state index in [1.54, 1.807) is 0 Å². The van der Waals surface area contributed by atoms with Gasteiger partial charge in [0.1, 0.15) is 12.4 Å². The molecule has 0 radical (unpaired) electrons. The second-order valence-electron chi connectivity index (χ2n) is 5.38. The number of ether oxygens (including phenoxy) is 1. The van der Waals surface area contributed by atoms with Crippen LogP contribution in [0.4, 0.5) is 0 Å². The SMILES string of the molecule is CC(C)(C)CCC(O)COc1ccccc1. The van der Waals surface area contributed by atoms with Crippen LogP contribution in [0.5, 0.6) is 5.75 Å². The van der Waals surface area contributed by atoms with Gasteiger partial charge >= 0.3 is 0 Å². The van der Waals surface area contributed by atoms with Crippen LogP contribution in [0.25, 0.3) is 0 Å². The van der Waals surface area contributed by atoms with E-state index in [1.165, 1.54) is 0 Å². The van der Waals surface area contributed by atoms with Gasteiger partial charge < -0.3 is 9.84 Å². The molecule has 1 aromatic carbocycles. The van der Waals surface area contributed by atoms with E-state index in [0.717, 1.165) is 18.6 Å². The zero-order valence-electron chi connectivity index (χ0n) is 10.4. The lowest BCUT2D eigenvalue weighted by molar-refractivity contribution is 0.0889. The largest absolute Gasteiger partial charge is 0.491 e. The third-order valence-electron chi connectivity index (χ3n) is 2.41. The third kappa shape index (κ3) is 5.76. The van der Waals surface area contributed by atoms with Crippen LogP contribution < -0.4 is 4.74 Å². The summed E-state index contributed by atoms with van der Waals surface area (Å²) in [6.45, 7) is 6.91. The molecule has 0 bridgehead atoms. The Labute approximate surface area is 98.3 Å². The Bertz CT molecular complexity index is 287. The van der Waals surface area contributed by atoms with Gasteiger partial charge in [-0.25, -0.2) is 0 Å². The molecule has 0 fully saturated rings. The van der Waals surface area contributed by atoms with Gasteiger partial charge in [0, 0.05) is 0 Å². The van der Waals surface area contributed by atoms with E-state index in [4.69, 9.17) is 4.74 Å². The second kappa shape index (κ2) is 5.90. The summed E-state index contributed by atoms with van der Waals surface area (Å²) < 4.78 is 5.48. The monoisotopic (exact) mass is 222 g/mol. The van der Waals surface area contributed by atoms with Crippen LogP contribution in [0.2, 0.25) is 0 Å². The van der Waals surface area contributed by atoms with E-state index >= 15 is 0 Å². The van der Waals surface area contributed by atoms with Gasteiger partial charge in [-0.3, -0.25) is 0 Å². The van der Waals surface area contributed by atoms with Gasteiger partial charge in [-0.05, 0) is 30.4 Å². The lowest BCUT2D eigenvalue weighted by atomic mass is 9.89. The first kappa shape index (κ1) is 13.0. The zero-order chi connectivity index (χ0) is 12.0. The first-order valence-corrected chi connectivity index (χ1v) is 5.83. The minimum atomic E-state index is -0.376. The minimum absolute atomic E-state index is 0.272. The summed E-state index contributed by atoms with van der Waals surface area (Å²) in [5, 5.41) is 9.75. The van der Waals surface area contributed by atoms with Crippen LogP contribution in [0.1, 0.15) is 33.6 Å². The predicted molar refractivity (Wildman–Crippen MR) is 66.6 cm³/mol. The summed E-state index contributed by atoms with van der Waals surface area (Å²) >= 11 is 0. The lowest BCUT2D eigenvalue weighted by Gasteiger charge is -2.20. The van der Waals surface area contributed by atoms with Crippen LogP contribution >= 0.6 is 0 Å². The van der Waals surface area contributed by atoms with Crippen molar-refractivity contribution in [2.45, 2.75) is 39.7 Å². The first-order valence-electron chi connectivity index (χ1n) is 5.83. The van der Waals surface area contributed by atoms with Gasteiger partial charge in [-0.1, -0.05) is 39.0 Å². The number of hydrogen-bond donors (Lipinski definition) is 1. The summed E-state index contributed by atoms with van der Waals surface area (Å²) in [7, 11) is 0. The summed E-state index contributed by atoms with van der Waals surface area (Å²) in [5.74, 6) is 0.817. The third-order valence-corrected chi connectivity index (χ3v) is 2.41. The second-order valence-corrected chi connectivity index (χ2v) is 5.38. The molecule has 0 aliphatic heterocycles. The molecule has 0 saturated carbocycles. The molecule has 0 aliphatic rings. The van der Waals surface area contributed by atoms with E-state index < -0.39 is 0 Å². The van der Waals surface area contributed by atoms with Crippen LogP contribution in [-0.4, -0.2) is 17.8 Å². The highest BCUT2D eigenvalue weighted by molar-refractivity contribution is 5.20. The maximum atomic E-state index is 9.75. The molecule has 16 heavy (non-hydrogen) atoms. The van der Waals surface area contributed by atoms with Crippen molar-refractivity contribution in [1.82, 2.24) is 0 Å². The number of aliphatic hydroxyl groups excluding tert-OH is 1. The maximum Gasteiger partial charge on any atom is 0.119 e. The van der Waals surface area contributed by atoms with E-state index in [0.29, 0.717) is 6.61 Å². The van der Waals surface area contributed by atoms with Crippen molar-refractivity contribution in [2.75, 3.05) is 6.61 Å². The van der Waals surface area contributed by atoms with Gasteiger partial charge in [-0.15, -0.1) is 0 Å². The molecule has 1 rings (SSSR count). The van der Waals surface area contributed by atoms with E-state index in [9.17, 15) is 5.11 Å². The van der Waals surface area contributed by atoms with Crippen molar-refractivity contribution >= 4 is 0 Å². The lowest BCUT2D eigenvalue weighted by Crippen LogP contribution is -2.20. The highest BCUT2D eigenvalue weighted by Crippen LogP contribution is 2.21. The van der Waals surface area contributed by atoms with E-state index in [-0.39, 0.29) is 11.5 Å². The maximum absolute atomic E-state index is 9.75. The minimum Gasteiger partial charge on any atom is -0.491 e. The fraction of sp³-hybridized carbons (Fsp3) is 0.571. The Kier molecular flexibility index (Phi) is 4.81. The Hall–Kier alpha value is -1.02. The van der Waals surface area contributed by atoms with Gasteiger partial charge in [0.25, 0.3) is 0 Å². The molecule has 2 heteroatoms. The molecule has 90 valence electrons. The first-order chi connectivity index (χ1) is 7.47. The van der Waals surface area contributed by atoms with Crippen molar-refractivity contribution in [1.29, 1.82) is 0 Å². The molecule has 1 atom stereocenters. The van der Waals surface area contributed by atoms with Crippen LogP contribution in [0.3, 0.4) is 0 Å². The van der Waals surface area contributed by atoms with Crippen LogP contribution in [-0.2, 0) is 0 Å². The van der Waals surface area contributed by atoms with Crippen molar-refractivity contribution in [2.24, 2.45) is 5.41 Å². The molecular formula is C14H22O2. The van der Waals surface area contributed by atoms with E-state index in [1.807, 2.05) is 30.3 Å². The Morgan fingerprint density at radius 3 is 2.38 bits per heavy atom. The Morgan fingerprint density at radius 1 is 1.19 bits per heavy atom. The molecule has 0 heterocycles. The summed E-state index contributed by atoms with van der Waals surface area (Å²) in [6, 6.07) is 9.60. The number of hydrogen-bond acceptors (Lipinski definition) is 2. The average Bonchev–Trinajstić information content (AvgIpc) is 2.24. The molecule has 1 aromatic rings. The standard InChI is InChI=1S/C14H22O2/c1-14(2,3)10-9-12(15)11-16-13-7-5-4-6-8-13/h4-8,12,15H,9-11H2,1-3H3. The smallest absolute Gasteiger partial charge is 0.119 e. The number of rotatable bonds is 5. The summed E-state index contributed by atoms with van der Waals surface area (Å²) in [6.07, 6.45) is 1.42. The molecule has 0 aromatic heterocycles. The average molecular weight is 222 g/mol. The number of aliphatic hydroxyl groups is 1. The highest BCUT2D eigenvalue weighted by Gasteiger charge is 2.13. The molecule has 1 N–H and O–H groups in total. The normalized spacial score (nSPS) is 13.5. The Morgan fingerprint density at radius 2 is 1.81 bits per heavy atom. The number of para-hydroxylation sites is 1. The highest BCUT2D eigenvalue weighted by atomic mass is 16.5. The van der Waals surface area contributed by atoms with Crippen molar-refractivity contribution in [3.63, 3.8) is 0 Å². The van der Waals surface area contributed by atoms with Crippen molar-refractivity contribution in [3.8, 4) is 5.75 Å². The fourth-order valence-corrected chi connectivity index (χ4v) is 1.39. The van der Waals surface area contributed by atoms with Crippen LogP contribution in [0, 0.1) is 5.41 Å². The van der Waals surface area contributed by atoms with Gasteiger partial charge in [0.2, 0.25) is 0 Å².